The number of nitrogens with one attached hydrogen (secondary N) is 1. The van der Waals surface area contributed by atoms with Crippen molar-refractivity contribution in [2.24, 2.45) is 0 Å². The zero-order valence-electron chi connectivity index (χ0n) is 10.8. The lowest BCUT2D eigenvalue weighted by molar-refractivity contribution is 0.492. The molecule has 1 aromatic rings. The molecule has 0 spiro atoms. The van der Waals surface area contributed by atoms with Gasteiger partial charge in [-0.25, -0.2) is 0 Å². The highest BCUT2D eigenvalue weighted by molar-refractivity contribution is 9.10. The number of aryl methyl sites for hydroxylation is 1. The maximum Gasteiger partial charge on any atom is 0.0397 e. The first-order valence-corrected chi connectivity index (χ1v) is 7.12. The molecule has 2 nitrogen and oxygen atoms in total. The largest absolute Gasteiger partial charge is 0.370 e. The van der Waals surface area contributed by atoms with Crippen LogP contribution < -0.4 is 10.2 Å². The zero-order valence-corrected chi connectivity index (χ0v) is 12.4. The van der Waals surface area contributed by atoms with E-state index in [2.05, 4.69) is 65.1 Å². The molecule has 1 fully saturated rings. The number of anilines is 1. The van der Waals surface area contributed by atoms with Crippen LogP contribution in [0.15, 0.2) is 22.7 Å². The van der Waals surface area contributed by atoms with E-state index in [9.17, 15) is 0 Å². The highest BCUT2D eigenvalue weighted by Crippen LogP contribution is 2.26. The van der Waals surface area contributed by atoms with Gasteiger partial charge < -0.3 is 10.2 Å². The summed E-state index contributed by atoms with van der Waals surface area (Å²) in [4.78, 5) is 2.49. The Labute approximate surface area is 113 Å². The van der Waals surface area contributed by atoms with Crippen LogP contribution in [-0.4, -0.2) is 25.2 Å². The second kappa shape index (κ2) is 5.40. The third kappa shape index (κ3) is 3.23. The van der Waals surface area contributed by atoms with Crippen LogP contribution in [0.1, 0.15) is 25.8 Å². The molecule has 1 atom stereocenters. The van der Waals surface area contributed by atoms with Crippen molar-refractivity contribution in [2.75, 3.05) is 18.0 Å². The van der Waals surface area contributed by atoms with Crippen LogP contribution >= 0.6 is 15.9 Å². The van der Waals surface area contributed by atoms with Gasteiger partial charge in [-0.05, 0) is 37.1 Å². The minimum Gasteiger partial charge on any atom is -0.370 e. The fraction of sp³-hybridized carbons (Fsp3) is 0.571. The van der Waals surface area contributed by atoms with Crippen LogP contribution in [0.2, 0.25) is 0 Å². The Morgan fingerprint density at radius 2 is 2.18 bits per heavy atom. The molecule has 1 heterocycles. The number of benzene rings is 1. The van der Waals surface area contributed by atoms with E-state index in [1.54, 1.807) is 0 Å². The molecule has 0 bridgehead atoms. The van der Waals surface area contributed by atoms with Gasteiger partial charge in [0.25, 0.3) is 0 Å². The lowest BCUT2D eigenvalue weighted by Gasteiger charge is -2.22. The van der Waals surface area contributed by atoms with Crippen LogP contribution in [0, 0.1) is 6.92 Å². The molecule has 1 aliphatic heterocycles. The quantitative estimate of drug-likeness (QED) is 0.920. The molecule has 94 valence electrons. The molecule has 17 heavy (non-hydrogen) atoms. The molecule has 2 rings (SSSR count). The maximum absolute atomic E-state index is 3.62. The monoisotopic (exact) mass is 296 g/mol. The molecule has 3 heteroatoms. The molecule has 1 unspecified atom stereocenters. The van der Waals surface area contributed by atoms with Gasteiger partial charge in [-0.15, -0.1) is 0 Å². The van der Waals surface area contributed by atoms with Crippen LogP contribution in [0.3, 0.4) is 0 Å². The van der Waals surface area contributed by atoms with Gasteiger partial charge in [0, 0.05) is 35.3 Å². The summed E-state index contributed by atoms with van der Waals surface area (Å²) in [5, 5.41) is 3.62. The van der Waals surface area contributed by atoms with Gasteiger partial charge in [0.15, 0.2) is 0 Å². The van der Waals surface area contributed by atoms with E-state index in [1.807, 2.05) is 0 Å². The van der Waals surface area contributed by atoms with Gasteiger partial charge in [0.2, 0.25) is 0 Å². The van der Waals surface area contributed by atoms with Gasteiger partial charge in [-0.2, -0.15) is 0 Å². The average molecular weight is 297 g/mol. The third-order valence-corrected chi connectivity index (χ3v) is 3.75. The van der Waals surface area contributed by atoms with Crippen LogP contribution in [0.4, 0.5) is 5.69 Å². The molecule has 0 amide bonds. The van der Waals surface area contributed by atoms with E-state index in [-0.39, 0.29) is 0 Å². The molecular formula is C14H21BrN2. The van der Waals surface area contributed by atoms with Gasteiger partial charge in [0.05, 0.1) is 0 Å². The number of nitrogens with zero attached hydrogens (tertiary/aromatic N) is 1. The normalized spacial score (nSPS) is 20.3. The van der Waals surface area contributed by atoms with E-state index >= 15 is 0 Å². The topological polar surface area (TPSA) is 15.3 Å². The van der Waals surface area contributed by atoms with Gasteiger partial charge in [0.1, 0.15) is 0 Å². The third-order valence-electron chi connectivity index (χ3n) is 3.26. The van der Waals surface area contributed by atoms with Crippen molar-refractivity contribution in [3.8, 4) is 0 Å². The molecular weight excluding hydrogens is 276 g/mol. The summed E-state index contributed by atoms with van der Waals surface area (Å²) in [5.74, 6) is 0. The number of rotatable bonds is 3. The van der Waals surface area contributed by atoms with Gasteiger partial charge >= 0.3 is 0 Å². The summed E-state index contributed by atoms with van der Waals surface area (Å²) in [7, 11) is 0. The van der Waals surface area contributed by atoms with E-state index in [4.69, 9.17) is 0 Å². The van der Waals surface area contributed by atoms with Crippen LogP contribution in [-0.2, 0) is 0 Å². The van der Waals surface area contributed by atoms with E-state index in [0.29, 0.717) is 12.1 Å². The van der Waals surface area contributed by atoms with E-state index < -0.39 is 0 Å². The second-order valence-electron chi connectivity index (χ2n) is 5.18. The van der Waals surface area contributed by atoms with Crippen molar-refractivity contribution in [3.63, 3.8) is 0 Å². The lowest BCUT2D eigenvalue weighted by Crippen LogP contribution is -2.37. The Morgan fingerprint density at radius 1 is 1.41 bits per heavy atom. The van der Waals surface area contributed by atoms with Crippen molar-refractivity contribution in [2.45, 2.75) is 39.3 Å². The highest BCUT2D eigenvalue weighted by Gasteiger charge is 2.23. The molecule has 1 aliphatic rings. The first kappa shape index (κ1) is 12.9. The Bertz CT molecular complexity index is 390. The summed E-state index contributed by atoms with van der Waals surface area (Å²) >= 11 is 3.52. The van der Waals surface area contributed by atoms with E-state index in [0.717, 1.165) is 17.6 Å². The molecule has 1 aromatic carbocycles. The Morgan fingerprint density at radius 3 is 2.82 bits per heavy atom. The standard InChI is InChI=1S/C14H21BrN2/c1-10(2)16-13-6-7-17(9-13)14-5-4-12(15)8-11(14)3/h4-5,8,10,13,16H,6-7,9H2,1-3H3. The Kier molecular flexibility index (Phi) is 4.10. The van der Waals surface area contributed by atoms with Crippen molar-refractivity contribution in [1.29, 1.82) is 0 Å². The summed E-state index contributed by atoms with van der Waals surface area (Å²) in [5.41, 5.74) is 2.73. The predicted molar refractivity (Wildman–Crippen MR) is 77.8 cm³/mol. The Hall–Kier alpha value is -0.540. The fourth-order valence-electron chi connectivity index (χ4n) is 2.56. The molecule has 0 aliphatic carbocycles. The number of hydrogen-bond donors (Lipinski definition) is 1. The molecule has 1 saturated heterocycles. The van der Waals surface area contributed by atoms with Gasteiger partial charge in [-0.1, -0.05) is 29.8 Å². The highest BCUT2D eigenvalue weighted by atomic mass is 79.9. The fourth-order valence-corrected chi connectivity index (χ4v) is 3.04. The molecule has 0 radical (unpaired) electrons. The SMILES string of the molecule is Cc1cc(Br)ccc1N1CCC(NC(C)C)C1. The van der Waals surface area contributed by atoms with Crippen molar-refractivity contribution >= 4 is 21.6 Å². The second-order valence-corrected chi connectivity index (χ2v) is 6.10. The summed E-state index contributed by atoms with van der Waals surface area (Å²) < 4.78 is 1.16. The minimum absolute atomic E-state index is 0.575. The Balaban J connectivity index is 2.05. The number of hydrogen-bond acceptors (Lipinski definition) is 2. The summed E-state index contributed by atoms with van der Waals surface area (Å²) in [6.07, 6.45) is 1.24. The van der Waals surface area contributed by atoms with Crippen molar-refractivity contribution in [3.05, 3.63) is 28.2 Å². The smallest absolute Gasteiger partial charge is 0.0397 e. The minimum atomic E-state index is 0.575. The average Bonchev–Trinajstić information content (AvgIpc) is 2.65. The first-order chi connectivity index (χ1) is 8.06. The van der Waals surface area contributed by atoms with Crippen molar-refractivity contribution in [1.82, 2.24) is 5.32 Å². The maximum atomic E-state index is 3.62. The molecule has 0 aromatic heterocycles. The molecule has 0 saturated carbocycles. The molecule has 1 N–H and O–H groups in total. The summed E-state index contributed by atoms with van der Waals surface area (Å²) in [6.45, 7) is 8.90. The van der Waals surface area contributed by atoms with Crippen LogP contribution in [0.25, 0.3) is 0 Å². The summed E-state index contributed by atoms with van der Waals surface area (Å²) in [6, 6.07) is 7.75. The predicted octanol–water partition coefficient (Wildman–Crippen LogP) is 3.33. The van der Waals surface area contributed by atoms with Crippen molar-refractivity contribution < 1.29 is 0 Å². The zero-order chi connectivity index (χ0) is 12.4. The lowest BCUT2D eigenvalue weighted by atomic mass is 10.2. The van der Waals surface area contributed by atoms with E-state index in [1.165, 1.54) is 17.7 Å². The van der Waals surface area contributed by atoms with Gasteiger partial charge in [-0.3, -0.25) is 0 Å². The van der Waals surface area contributed by atoms with Crippen LogP contribution in [0.5, 0.6) is 0 Å². The number of halogens is 1. The first-order valence-electron chi connectivity index (χ1n) is 6.33.